The van der Waals surface area contributed by atoms with Crippen LogP contribution in [0, 0.1) is 0 Å². The highest BCUT2D eigenvalue weighted by Crippen LogP contribution is 2.26. The standard InChI is InChI=1S/C26H26N6O2S/c33-26(28-17-19-14-15-25(27-16-19)34-21-10-4-5-11-21)22-12-6-7-13-23(22)35-18-24-29-30-31-32(24)20-8-2-1-3-9-20/h1-3,6-9,12-16,21H,4-5,10-11,17-18H2,(H,28,33). The summed E-state index contributed by atoms with van der Waals surface area (Å²) in [4.78, 5) is 18.2. The van der Waals surface area contributed by atoms with Crippen molar-refractivity contribution in [2.24, 2.45) is 0 Å². The predicted molar refractivity (Wildman–Crippen MR) is 133 cm³/mol. The third-order valence-corrected chi connectivity index (χ3v) is 6.93. The van der Waals surface area contributed by atoms with E-state index in [1.54, 1.807) is 10.9 Å². The molecule has 5 rings (SSSR count). The molecule has 1 aliphatic carbocycles. The van der Waals surface area contributed by atoms with Crippen molar-refractivity contribution in [2.75, 3.05) is 0 Å². The maximum Gasteiger partial charge on any atom is 0.252 e. The van der Waals surface area contributed by atoms with Gasteiger partial charge in [-0.1, -0.05) is 36.4 Å². The Morgan fingerprint density at radius 3 is 2.63 bits per heavy atom. The van der Waals surface area contributed by atoms with Crippen LogP contribution < -0.4 is 10.1 Å². The van der Waals surface area contributed by atoms with E-state index in [0.29, 0.717) is 29.6 Å². The number of ether oxygens (including phenoxy) is 1. The normalized spacial score (nSPS) is 13.6. The second kappa shape index (κ2) is 11.1. The highest BCUT2D eigenvalue weighted by Gasteiger charge is 2.17. The van der Waals surface area contributed by atoms with Crippen molar-refractivity contribution in [3.05, 3.63) is 89.9 Å². The Bertz CT molecular complexity index is 1260. The number of aromatic nitrogens is 5. The Morgan fingerprint density at radius 1 is 1.03 bits per heavy atom. The number of pyridine rings is 1. The van der Waals surface area contributed by atoms with Gasteiger partial charge < -0.3 is 10.1 Å². The minimum absolute atomic E-state index is 0.137. The first kappa shape index (κ1) is 23.0. The van der Waals surface area contributed by atoms with E-state index >= 15 is 0 Å². The predicted octanol–water partition coefficient (Wildman–Crippen LogP) is 4.60. The summed E-state index contributed by atoms with van der Waals surface area (Å²) in [6, 6.07) is 21.1. The van der Waals surface area contributed by atoms with Gasteiger partial charge in [0.15, 0.2) is 5.82 Å². The molecule has 178 valence electrons. The second-order valence-corrected chi connectivity index (χ2v) is 9.36. The van der Waals surface area contributed by atoms with E-state index in [-0.39, 0.29) is 12.0 Å². The van der Waals surface area contributed by atoms with Crippen molar-refractivity contribution in [2.45, 2.75) is 49.0 Å². The third-order valence-electron chi connectivity index (χ3n) is 5.86. The molecule has 1 saturated carbocycles. The number of tetrazole rings is 1. The maximum atomic E-state index is 13.0. The average molecular weight is 487 g/mol. The largest absolute Gasteiger partial charge is 0.474 e. The van der Waals surface area contributed by atoms with Crippen LogP contribution >= 0.6 is 11.8 Å². The number of nitrogens with zero attached hydrogens (tertiary/aromatic N) is 5. The molecule has 0 aliphatic heterocycles. The molecular formula is C26H26N6O2S. The van der Waals surface area contributed by atoms with E-state index in [0.717, 1.165) is 29.0 Å². The van der Waals surface area contributed by atoms with Gasteiger partial charge in [-0.2, -0.15) is 4.68 Å². The molecule has 0 unspecified atom stereocenters. The van der Waals surface area contributed by atoms with Gasteiger partial charge in [-0.05, 0) is 65.9 Å². The average Bonchev–Trinajstić information content (AvgIpc) is 3.60. The first-order valence-corrected chi connectivity index (χ1v) is 12.7. The quantitative estimate of drug-likeness (QED) is 0.346. The lowest BCUT2D eigenvalue weighted by Gasteiger charge is -2.12. The lowest BCUT2D eigenvalue weighted by molar-refractivity contribution is 0.0948. The maximum absolute atomic E-state index is 13.0. The molecule has 0 saturated heterocycles. The van der Waals surface area contributed by atoms with Crippen molar-refractivity contribution in [1.29, 1.82) is 0 Å². The highest BCUT2D eigenvalue weighted by molar-refractivity contribution is 7.98. The molecule has 0 radical (unpaired) electrons. The van der Waals surface area contributed by atoms with Gasteiger partial charge >= 0.3 is 0 Å². The van der Waals surface area contributed by atoms with Crippen molar-refractivity contribution in [3.8, 4) is 11.6 Å². The van der Waals surface area contributed by atoms with Crippen molar-refractivity contribution >= 4 is 17.7 Å². The van der Waals surface area contributed by atoms with Crippen molar-refractivity contribution < 1.29 is 9.53 Å². The van der Waals surface area contributed by atoms with Gasteiger partial charge in [0.05, 0.1) is 17.0 Å². The number of carbonyl (C=O) groups is 1. The summed E-state index contributed by atoms with van der Waals surface area (Å²) in [5, 5.41) is 15.1. The summed E-state index contributed by atoms with van der Waals surface area (Å²) in [5.74, 6) is 1.74. The van der Waals surface area contributed by atoms with Crippen LogP contribution in [0.4, 0.5) is 0 Å². The second-order valence-electron chi connectivity index (χ2n) is 8.34. The van der Waals surface area contributed by atoms with Gasteiger partial charge in [-0.25, -0.2) is 4.98 Å². The molecule has 9 heteroatoms. The van der Waals surface area contributed by atoms with Crippen LogP contribution in [-0.4, -0.2) is 37.2 Å². The zero-order chi connectivity index (χ0) is 23.9. The molecule has 1 aliphatic rings. The van der Waals surface area contributed by atoms with E-state index in [2.05, 4.69) is 25.8 Å². The molecule has 1 fully saturated rings. The van der Waals surface area contributed by atoms with E-state index in [9.17, 15) is 4.79 Å². The van der Waals surface area contributed by atoms with E-state index in [1.807, 2.05) is 66.7 Å². The van der Waals surface area contributed by atoms with Crippen LogP contribution in [0.5, 0.6) is 5.88 Å². The fourth-order valence-electron chi connectivity index (χ4n) is 4.03. The Kier molecular flexibility index (Phi) is 7.33. The number of amides is 1. The molecule has 0 spiro atoms. The number of carbonyl (C=O) groups excluding carboxylic acids is 1. The number of rotatable bonds is 9. The third kappa shape index (κ3) is 5.86. The first-order valence-electron chi connectivity index (χ1n) is 11.7. The zero-order valence-corrected chi connectivity index (χ0v) is 20.0. The Morgan fingerprint density at radius 2 is 1.83 bits per heavy atom. The van der Waals surface area contributed by atoms with Crippen LogP contribution in [0.15, 0.2) is 77.8 Å². The van der Waals surface area contributed by atoms with E-state index in [4.69, 9.17) is 4.74 Å². The Labute approximate surface area is 208 Å². The van der Waals surface area contributed by atoms with E-state index in [1.165, 1.54) is 24.6 Å². The monoisotopic (exact) mass is 486 g/mol. The molecule has 2 aromatic heterocycles. The number of hydrogen-bond donors (Lipinski definition) is 1. The van der Waals surface area contributed by atoms with Crippen LogP contribution in [0.3, 0.4) is 0 Å². The smallest absolute Gasteiger partial charge is 0.252 e. The molecule has 8 nitrogen and oxygen atoms in total. The van der Waals surface area contributed by atoms with Gasteiger partial charge in [0.2, 0.25) is 5.88 Å². The molecule has 4 aromatic rings. The molecule has 0 atom stereocenters. The topological polar surface area (TPSA) is 94.8 Å². The summed E-state index contributed by atoms with van der Waals surface area (Å²) < 4.78 is 7.63. The minimum atomic E-state index is -0.137. The molecule has 0 bridgehead atoms. The lowest BCUT2D eigenvalue weighted by Crippen LogP contribution is -2.23. The van der Waals surface area contributed by atoms with Crippen LogP contribution in [0.25, 0.3) is 5.69 Å². The highest BCUT2D eigenvalue weighted by atomic mass is 32.2. The van der Waals surface area contributed by atoms with Crippen LogP contribution in [0.1, 0.15) is 47.4 Å². The summed E-state index contributed by atoms with van der Waals surface area (Å²) in [5.41, 5.74) is 2.43. The van der Waals surface area contributed by atoms with Crippen LogP contribution in [-0.2, 0) is 12.3 Å². The molecule has 2 heterocycles. The minimum Gasteiger partial charge on any atom is -0.474 e. The fourth-order valence-corrected chi connectivity index (χ4v) is 4.98. The number of nitrogens with one attached hydrogen (secondary N) is 1. The molecule has 1 amide bonds. The summed E-state index contributed by atoms with van der Waals surface area (Å²) in [7, 11) is 0. The summed E-state index contributed by atoms with van der Waals surface area (Å²) in [6.45, 7) is 0.390. The van der Waals surface area contributed by atoms with Crippen molar-refractivity contribution in [3.63, 3.8) is 0 Å². The number of benzene rings is 2. The molecular weight excluding hydrogens is 460 g/mol. The number of hydrogen-bond acceptors (Lipinski definition) is 7. The van der Waals surface area contributed by atoms with Crippen LogP contribution in [0.2, 0.25) is 0 Å². The fraction of sp³-hybridized carbons (Fsp3) is 0.269. The van der Waals surface area contributed by atoms with Gasteiger partial charge in [0.25, 0.3) is 5.91 Å². The summed E-state index contributed by atoms with van der Waals surface area (Å²) >= 11 is 1.53. The SMILES string of the molecule is O=C(NCc1ccc(OC2CCCC2)nc1)c1ccccc1SCc1nnnn1-c1ccccc1. The Balaban J connectivity index is 1.19. The van der Waals surface area contributed by atoms with Gasteiger partial charge in [-0.15, -0.1) is 16.9 Å². The first-order chi connectivity index (χ1) is 17.3. The Hall–Kier alpha value is -3.72. The molecule has 35 heavy (non-hydrogen) atoms. The molecule has 2 aromatic carbocycles. The van der Waals surface area contributed by atoms with Gasteiger partial charge in [0.1, 0.15) is 6.10 Å². The van der Waals surface area contributed by atoms with Gasteiger partial charge in [-0.3, -0.25) is 4.79 Å². The summed E-state index contributed by atoms with van der Waals surface area (Å²) in [6.07, 6.45) is 6.67. The molecule has 1 N–H and O–H groups in total. The zero-order valence-electron chi connectivity index (χ0n) is 19.2. The lowest BCUT2D eigenvalue weighted by atomic mass is 10.2. The van der Waals surface area contributed by atoms with Gasteiger partial charge in [0, 0.05) is 23.7 Å². The van der Waals surface area contributed by atoms with Crippen molar-refractivity contribution in [1.82, 2.24) is 30.5 Å². The number of thioether (sulfide) groups is 1. The van der Waals surface area contributed by atoms with E-state index < -0.39 is 0 Å². The number of para-hydroxylation sites is 1.